The average molecular weight is 614 g/mol. The number of pyridine rings is 1. The molecule has 10 heteroatoms. The number of carbonyl (C=O) groups is 2. The van der Waals surface area contributed by atoms with E-state index in [2.05, 4.69) is 15.6 Å². The molecule has 1 aliphatic carbocycles. The molecule has 0 radical (unpaired) electrons. The molecule has 3 aromatic rings. The highest BCUT2D eigenvalue weighted by molar-refractivity contribution is 6.16. The maximum absolute atomic E-state index is 15.0. The average Bonchev–Trinajstić information content (AvgIpc) is 3.66. The van der Waals surface area contributed by atoms with E-state index in [9.17, 15) is 14.7 Å². The Morgan fingerprint density at radius 2 is 1.98 bits per heavy atom. The third kappa shape index (κ3) is 6.92. The van der Waals surface area contributed by atoms with Crippen LogP contribution in [0.3, 0.4) is 0 Å². The minimum atomic E-state index is -0.489. The van der Waals surface area contributed by atoms with E-state index in [1.807, 2.05) is 42.2 Å². The van der Waals surface area contributed by atoms with E-state index >= 15 is 4.39 Å². The zero-order chi connectivity index (χ0) is 31.5. The van der Waals surface area contributed by atoms with Crippen molar-refractivity contribution in [3.63, 3.8) is 0 Å². The SMILES string of the molecule is COc1cccc(F)c1CN1C[C@H](NC(=O)c2ccc3c(c2)C(c2ccnc(C)c2)=NC3)CC[C@H]1C(=O)NC[C@H]1CC[C@H](O)C1. The molecule has 0 bridgehead atoms. The Morgan fingerprint density at radius 1 is 1.11 bits per heavy atom. The molecule has 2 amide bonds. The molecule has 3 N–H and O–H groups in total. The number of likely N-dealkylation sites (tertiary alicyclic amines) is 1. The number of aromatic nitrogens is 1. The van der Waals surface area contributed by atoms with Crippen LogP contribution in [0.15, 0.2) is 59.7 Å². The number of piperidine rings is 1. The first-order valence-electron chi connectivity index (χ1n) is 15.7. The summed E-state index contributed by atoms with van der Waals surface area (Å²) in [6, 6.07) is 13.6. The third-order valence-corrected chi connectivity index (χ3v) is 9.26. The summed E-state index contributed by atoms with van der Waals surface area (Å²) in [6.45, 7) is 3.54. The van der Waals surface area contributed by atoms with Crippen LogP contribution < -0.4 is 15.4 Å². The van der Waals surface area contributed by atoms with Gasteiger partial charge in [0.05, 0.1) is 31.5 Å². The van der Waals surface area contributed by atoms with Crippen molar-refractivity contribution in [3.05, 3.63) is 94.1 Å². The number of aliphatic hydroxyl groups excluding tert-OH is 1. The fourth-order valence-electron chi connectivity index (χ4n) is 6.85. The number of hydrogen-bond donors (Lipinski definition) is 3. The number of rotatable bonds is 9. The van der Waals surface area contributed by atoms with E-state index in [-0.39, 0.29) is 36.4 Å². The molecule has 236 valence electrons. The highest BCUT2D eigenvalue weighted by atomic mass is 19.1. The normalized spacial score (nSPS) is 22.9. The van der Waals surface area contributed by atoms with Gasteiger partial charge in [0, 0.05) is 59.8 Å². The molecule has 0 unspecified atom stereocenters. The Hall–Kier alpha value is -4.15. The molecule has 1 saturated heterocycles. The van der Waals surface area contributed by atoms with Gasteiger partial charge in [-0.1, -0.05) is 12.1 Å². The second kappa shape index (κ2) is 13.5. The van der Waals surface area contributed by atoms with Crippen molar-refractivity contribution in [2.45, 2.75) is 70.3 Å². The Balaban J connectivity index is 1.17. The van der Waals surface area contributed by atoms with Crippen molar-refractivity contribution in [1.82, 2.24) is 20.5 Å². The Kier molecular flexibility index (Phi) is 9.23. The van der Waals surface area contributed by atoms with E-state index in [4.69, 9.17) is 9.73 Å². The van der Waals surface area contributed by atoms with Crippen LogP contribution in [0.5, 0.6) is 5.75 Å². The summed E-state index contributed by atoms with van der Waals surface area (Å²) in [4.78, 5) is 38.0. The van der Waals surface area contributed by atoms with Crippen LogP contribution in [0.1, 0.15) is 70.4 Å². The summed E-state index contributed by atoms with van der Waals surface area (Å²) in [6.07, 6.45) is 4.89. The molecule has 0 spiro atoms. The highest BCUT2D eigenvalue weighted by Crippen LogP contribution is 2.29. The van der Waals surface area contributed by atoms with Gasteiger partial charge in [0.1, 0.15) is 11.6 Å². The monoisotopic (exact) mass is 613 g/mol. The molecule has 2 aliphatic heterocycles. The molecular formula is C35H40FN5O4. The molecule has 2 fully saturated rings. The zero-order valence-electron chi connectivity index (χ0n) is 25.8. The second-order valence-corrected chi connectivity index (χ2v) is 12.4. The number of carbonyl (C=O) groups excluding carboxylic acids is 2. The van der Waals surface area contributed by atoms with Gasteiger partial charge in [-0.15, -0.1) is 0 Å². The fraction of sp³-hybridized carbons (Fsp3) is 0.429. The lowest BCUT2D eigenvalue weighted by atomic mass is 9.95. The molecule has 3 aliphatic rings. The minimum Gasteiger partial charge on any atom is -0.496 e. The van der Waals surface area contributed by atoms with E-state index < -0.39 is 11.9 Å². The number of amides is 2. The second-order valence-electron chi connectivity index (χ2n) is 12.4. The van der Waals surface area contributed by atoms with Gasteiger partial charge < -0.3 is 20.5 Å². The van der Waals surface area contributed by atoms with Crippen LogP contribution in [0.25, 0.3) is 0 Å². The molecule has 4 atom stereocenters. The van der Waals surface area contributed by atoms with E-state index in [1.165, 1.54) is 13.2 Å². The zero-order valence-corrected chi connectivity index (χ0v) is 25.8. The smallest absolute Gasteiger partial charge is 0.251 e. The predicted octanol–water partition coefficient (Wildman–Crippen LogP) is 3.93. The van der Waals surface area contributed by atoms with Gasteiger partial charge in [-0.05, 0) is 86.9 Å². The molecule has 9 nitrogen and oxygen atoms in total. The molecular weight excluding hydrogens is 573 g/mol. The highest BCUT2D eigenvalue weighted by Gasteiger charge is 2.35. The van der Waals surface area contributed by atoms with E-state index in [0.29, 0.717) is 55.8 Å². The summed E-state index contributed by atoms with van der Waals surface area (Å²) in [5, 5.41) is 16.1. The number of benzene rings is 2. The lowest BCUT2D eigenvalue weighted by Gasteiger charge is -2.39. The molecule has 45 heavy (non-hydrogen) atoms. The number of halogens is 1. The maximum Gasteiger partial charge on any atom is 0.251 e. The van der Waals surface area contributed by atoms with Gasteiger partial charge in [0.25, 0.3) is 5.91 Å². The topological polar surface area (TPSA) is 116 Å². The van der Waals surface area contributed by atoms with Crippen molar-refractivity contribution in [2.24, 2.45) is 10.9 Å². The van der Waals surface area contributed by atoms with Crippen LogP contribution in [-0.4, -0.2) is 70.9 Å². The minimum absolute atomic E-state index is 0.117. The number of methoxy groups -OCH3 is 1. The van der Waals surface area contributed by atoms with Crippen LogP contribution in [0, 0.1) is 18.7 Å². The van der Waals surface area contributed by atoms with Crippen LogP contribution >= 0.6 is 0 Å². The van der Waals surface area contributed by atoms with E-state index in [1.54, 1.807) is 18.3 Å². The number of nitrogens with zero attached hydrogens (tertiary/aromatic N) is 3. The molecule has 1 aromatic heterocycles. The quantitative estimate of drug-likeness (QED) is 0.337. The van der Waals surface area contributed by atoms with Crippen LogP contribution in [-0.2, 0) is 17.9 Å². The molecule has 1 saturated carbocycles. The van der Waals surface area contributed by atoms with E-state index in [0.717, 1.165) is 40.9 Å². The van der Waals surface area contributed by atoms with Crippen molar-refractivity contribution >= 4 is 17.5 Å². The summed E-state index contributed by atoms with van der Waals surface area (Å²) < 4.78 is 20.5. The standard InChI is InChI=1S/C35H40FN5O4/c1-21-14-23(12-13-37-21)33-28-16-24(7-8-25(28)18-38-33)34(43)40-26-9-11-31(35(44)39-17-22-6-10-27(42)15-22)41(19-26)20-29-30(36)4-3-5-32(29)45-2/h3-5,7-8,12-14,16,22,26-27,31,42H,6,9-11,15,17-20H2,1-2H3,(H,39,44)(H,40,43)/t22-,26+,27-,31-/m0/s1. The lowest BCUT2D eigenvalue weighted by molar-refractivity contribution is -0.128. The number of ether oxygens (including phenoxy) is 1. The van der Waals surface area contributed by atoms with Gasteiger partial charge in [0.15, 0.2) is 0 Å². The number of nitrogens with one attached hydrogen (secondary N) is 2. The first-order chi connectivity index (χ1) is 21.8. The largest absolute Gasteiger partial charge is 0.496 e. The Morgan fingerprint density at radius 3 is 2.76 bits per heavy atom. The third-order valence-electron chi connectivity index (χ3n) is 9.26. The predicted molar refractivity (Wildman–Crippen MR) is 169 cm³/mol. The lowest BCUT2D eigenvalue weighted by Crippen LogP contribution is -2.56. The molecule has 6 rings (SSSR count). The van der Waals surface area contributed by atoms with Gasteiger partial charge in [-0.25, -0.2) is 4.39 Å². The number of fused-ring (bicyclic) bond motifs is 1. The Bertz CT molecular complexity index is 1610. The summed E-state index contributed by atoms with van der Waals surface area (Å²) in [5.41, 5.74) is 5.65. The van der Waals surface area contributed by atoms with Gasteiger partial charge in [-0.3, -0.25) is 24.5 Å². The van der Waals surface area contributed by atoms with Gasteiger partial charge >= 0.3 is 0 Å². The number of aliphatic imine (C=N–C) groups is 1. The number of aliphatic hydroxyl groups is 1. The first kappa shape index (κ1) is 30.9. The summed E-state index contributed by atoms with van der Waals surface area (Å²) >= 11 is 0. The number of hydrogen-bond acceptors (Lipinski definition) is 7. The Labute approximate surface area is 262 Å². The molecule has 3 heterocycles. The van der Waals surface area contributed by atoms with Gasteiger partial charge in [0.2, 0.25) is 5.91 Å². The fourth-order valence-corrected chi connectivity index (χ4v) is 6.85. The molecule has 2 aromatic carbocycles. The first-order valence-corrected chi connectivity index (χ1v) is 15.7. The van der Waals surface area contributed by atoms with Crippen LogP contribution in [0.2, 0.25) is 0 Å². The summed E-state index contributed by atoms with van der Waals surface area (Å²) in [5.74, 6) is -0.0562. The van der Waals surface area contributed by atoms with Crippen LogP contribution in [0.4, 0.5) is 4.39 Å². The number of aryl methyl sites for hydroxylation is 1. The summed E-state index contributed by atoms with van der Waals surface area (Å²) in [7, 11) is 1.50. The van der Waals surface area contributed by atoms with Crippen molar-refractivity contribution in [1.29, 1.82) is 0 Å². The maximum atomic E-state index is 15.0. The van der Waals surface area contributed by atoms with Gasteiger partial charge in [-0.2, -0.15) is 0 Å². The van der Waals surface area contributed by atoms with Crippen molar-refractivity contribution in [2.75, 3.05) is 20.2 Å². The van der Waals surface area contributed by atoms with Crippen molar-refractivity contribution < 1.29 is 23.8 Å². The van der Waals surface area contributed by atoms with Crippen molar-refractivity contribution in [3.8, 4) is 5.75 Å².